The number of anilines is 1. The number of rotatable bonds is 3. The zero-order chi connectivity index (χ0) is 16.7. The highest BCUT2D eigenvalue weighted by molar-refractivity contribution is 6.32. The number of carbonyl (C=O) groups is 3. The van der Waals surface area contributed by atoms with Crippen LogP contribution in [0.4, 0.5) is 10.5 Å². The lowest BCUT2D eigenvalue weighted by Crippen LogP contribution is -2.32. The Labute approximate surface area is 133 Å². The van der Waals surface area contributed by atoms with E-state index in [4.69, 9.17) is 4.74 Å². The van der Waals surface area contributed by atoms with E-state index < -0.39 is 11.9 Å². The fourth-order valence-corrected chi connectivity index (χ4v) is 1.89. The van der Waals surface area contributed by atoms with Gasteiger partial charge in [-0.2, -0.15) is 0 Å². The maximum Gasteiger partial charge on any atom is 0.414 e. The number of nitrogens with zero attached hydrogens (tertiary/aromatic N) is 1. The fourth-order valence-electron chi connectivity index (χ4n) is 1.89. The van der Waals surface area contributed by atoms with Gasteiger partial charge in [-0.3, -0.25) is 9.69 Å². The van der Waals surface area contributed by atoms with E-state index in [1.54, 1.807) is 31.2 Å². The number of carbonyl (C=O) groups excluding carboxylic acids is 3. The molecule has 1 fully saturated rings. The van der Waals surface area contributed by atoms with E-state index in [2.05, 4.69) is 21.9 Å². The van der Waals surface area contributed by atoms with Crippen molar-refractivity contribution in [2.24, 2.45) is 0 Å². The van der Waals surface area contributed by atoms with Gasteiger partial charge in [0, 0.05) is 11.3 Å². The van der Waals surface area contributed by atoms with Gasteiger partial charge in [0.25, 0.3) is 0 Å². The fraction of sp³-hybridized carbons (Fsp3) is 0.312. The maximum absolute atomic E-state index is 11.4. The molecule has 0 radical (unpaired) electrons. The largest absolute Gasteiger partial charge is 0.459 e. The molecule has 1 aliphatic heterocycles. The van der Waals surface area contributed by atoms with Gasteiger partial charge in [0.05, 0.1) is 19.7 Å². The normalized spacial score (nSPS) is 12.9. The van der Waals surface area contributed by atoms with Gasteiger partial charge in [-0.1, -0.05) is 11.8 Å². The van der Waals surface area contributed by atoms with Gasteiger partial charge >= 0.3 is 18.0 Å². The highest BCUT2D eigenvalue weighted by Crippen LogP contribution is 2.18. The number of ether oxygens (including phenoxy) is 2. The molecule has 0 bridgehead atoms. The van der Waals surface area contributed by atoms with E-state index in [9.17, 15) is 14.4 Å². The molecule has 0 aromatic heterocycles. The van der Waals surface area contributed by atoms with Crippen LogP contribution in [0, 0.1) is 11.8 Å². The van der Waals surface area contributed by atoms with Crippen LogP contribution in [0.15, 0.2) is 24.3 Å². The molecule has 1 aliphatic rings. The molecule has 2 rings (SSSR count). The molecule has 23 heavy (non-hydrogen) atoms. The van der Waals surface area contributed by atoms with Gasteiger partial charge < -0.3 is 14.8 Å². The zero-order valence-corrected chi connectivity index (χ0v) is 12.6. The molecule has 1 heterocycles. The second-order valence-electron chi connectivity index (χ2n) is 4.52. The third-order valence-electron chi connectivity index (χ3n) is 2.97. The number of hydrogen-bond donors (Lipinski definition) is 1. The number of nitrogens with one attached hydrogen (secondary N) is 1. The number of hydrogen-bond acceptors (Lipinski definition) is 5. The first-order valence-corrected chi connectivity index (χ1v) is 7.10. The highest BCUT2D eigenvalue weighted by atomic mass is 16.6. The van der Waals surface area contributed by atoms with Crippen LogP contribution in [0.2, 0.25) is 0 Å². The summed E-state index contributed by atoms with van der Waals surface area (Å²) >= 11 is 0. The average Bonchev–Trinajstić information content (AvgIpc) is 2.98. The van der Waals surface area contributed by atoms with Gasteiger partial charge in [-0.15, -0.1) is 0 Å². The lowest BCUT2D eigenvalue weighted by atomic mass is 10.2. The van der Waals surface area contributed by atoms with Crippen molar-refractivity contribution in [1.29, 1.82) is 0 Å². The Balaban J connectivity index is 1.86. The predicted molar refractivity (Wildman–Crippen MR) is 81.7 cm³/mol. The Bertz CT molecular complexity index is 657. The van der Waals surface area contributed by atoms with Gasteiger partial charge in [0.1, 0.15) is 6.61 Å². The molecule has 1 saturated heterocycles. The molecule has 7 heteroatoms. The van der Waals surface area contributed by atoms with Crippen molar-refractivity contribution in [2.45, 2.75) is 6.92 Å². The first kappa shape index (κ1) is 16.4. The summed E-state index contributed by atoms with van der Waals surface area (Å²) in [5.41, 5.74) is 1.47. The van der Waals surface area contributed by atoms with Gasteiger partial charge in [0.15, 0.2) is 0 Å². The molecule has 1 aromatic carbocycles. The monoisotopic (exact) mass is 316 g/mol. The van der Waals surface area contributed by atoms with Crippen molar-refractivity contribution in [2.75, 3.05) is 31.2 Å². The molecule has 0 aliphatic carbocycles. The van der Waals surface area contributed by atoms with Gasteiger partial charge in [0.2, 0.25) is 0 Å². The second kappa shape index (κ2) is 7.84. The lowest BCUT2D eigenvalue weighted by Gasteiger charge is -2.11. The summed E-state index contributed by atoms with van der Waals surface area (Å²) in [6, 6.07) is 7.07. The topological polar surface area (TPSA) is 84.9 Å². The maximum atomic E-state index is 11.4. The molecule has 0 saturated carbocycles. The summed E-state index contributed by atoms with van der Waals surface area (Å²) in [7, 11) is 0. The number of esters is 1. The summed E-state index contributed by atoms with van der Waals surface area (Å²) in [6.07, 6.45) is -0.356. The lowest BCUT2D eigenvalue weighted by molar-refractivity contribution is -0.154. The van der Waals surface area contributed by atoms with Crippen LogP contribution in [0.25, 0.3) is 0 Å². The van der Waals surface area contributed by atoms with Crippen LogP contribution in [0.5, 0.6) is 0 Å². The van der Waals surface area contributed by atoms with Crippen molar-refractivity contribution < 1.29 is 23.9 Å². The summed E-state index contributed by atoms with van der Waals surface area (Å²) < 4.78 is 9.42. The average molecular weight is 316 g/mol. The van der Waals surface area contributed by atoms with Crippen LogP contribution >= 0.6 is 0 Å². The predicted octanol–water partition coefficient (Wildman–Crippen LogP) is 0.674. The van der Waals surface area contributed by atoms with Crippen LogP contribution in [0.1, 0.15) is 12.5 Å². The molecule has 1 aromatic rings. The van der Waals surface area contributed by atoms with Crippen molar-refractivity contribution >= 4 is 23.7 Å². The number of amides is 2. The Morgan fingerprint density at radius 2 is 2.09 bits per heavy atom. The number of cyclic esters (lactones) is 1. The molecule has 7 nitrogen and oxygen atoms in total. The Kier molecular flexibility index (Phi) is 5.58. The molecule has 1 N–H and O–H groups in total. The van der Waals surface area contributed by atoms with E-state index in [1.807, 2.05) is 0 Å². The smallest absolute Gasteiger partial charge is 0.414 e. The molecule has 0 unspecified atom stereocenters. The van der Waals surface area contributed by atoms with Crippen molar-refractivity contribution in [1.82, 2.24) is 5.32 Å². The van der Waals surface area contributed by atoms with Crippen molar-refractivity contribution in [3.05, 3.63) is 29.8 Å². The quantitative estimate of drug-likeness (QED) is 0.503. The molecule has 0 atom stereocenters. The Hall–Kier alpha value is -3.01. The van der Waals surface area contributed by atoms with E-state index in [0.717, 1.165) is 11.3 Å². The first-order chi connectivity index (χ1) is 11.1. The minimum atomic E-state index is -0.920. The highest BCUT2D eigenvalue weighted by Gasteiger charge is 2.23. The van der Waals surface area contributed by atoms with E-state index in [0.29, 0.717) is 13.2 Å². The van der Waals surface area contributed by atoms with E-state index in [1.165, 1.54) is 4.90 Å². The third-order valence-corrected chi connectivity index (χ3v) is 2.97. The molecule has 0 spiro atoms. The summed E-state index contributed by atoms with van der Waals surface area (Å²) in [5.74, 6) is 3.84. The zero-order valence-electron chi connectivity index (χ0n) is 12.6. The number of benzene rings is 1. The molecule has 120 valence electrons. The molecule has 2 amide bonds. The van der Waals surface area contributed by atoms with E-state index >= 15 is 0 Å². The minimum absolute atomic E-state index is 0.0395. The van der Waals surface area contributed by atoms with Crippen molar-refractivity contribution in [3.63, 3.8) is 0 Å². The van der Waals surface area contributed by atoms with Crippen LogP contribution in [0.3, 0.4) is 0 Å². The summed E-state index contributed by atoms with van der Waals surface area (Å²) in [5, 5.41) is 2.34. The Morgan fingerprint density at radius 3 is 2.70 bits per heavy atom. The molecular formula is C16H16N2O5. The summed E-state index contributed by atoms with van der Waals surface area (Å²) in [6.45, 7) is 2.73. The molecular weight excluding hydrogens is 300 g/mol. The SMILES string of the molecule is CCOC(=O)C(=O)NCC#Cc1ccc(N2CCOC2=O)cc1. The second-order valence-corrected chi connectivity index (χ2v) is 4.52. The van der Waals surface area contributed by atoms with Crippen LogP contribution in [-0.2, 0) is 19.1 Å². The van der Waals surface area contributed by atoms with Crippen LogP contribution in [-0.4, -0.2) is 44.3 Å². The van der Waals surface area contributed by atoms with Crippen molar-refractivity contribution in [3.8, 4) is 11.8 Å². The first-order valence-electron chi connectivity index (χ1n) is 7.10. The van der Waals surface area contributed by atoms with Gasteiger partial charge in [-0.25, -0.2) is 9.59 Å². The van der Waals surface area contributed by atoms with Gasteiger partial charge in [-0.05, 0) is 31.2 Å². The summed E-state index contributed by atoms with van der Waals surface area (Å²) in [4.78, 5) is 35.3. The minimum Gasteiger partial charge on any atom is -0.459 e. The standard InChI is InChI=1S/C16H16N2O5/c1-2-22-15(20)14(19)17-9-3-4-12-5-7-13(8-6-12)18-10-11-23-16(18)21/h5-8H,2,9-11H2,1H3,(H,17,19). The third kappa shape index (κ3) is 4.48. The van der Waals surface area contributed by atoms with E-state index in [-0.39, 0.29) is 19.2 Å². The van der Waals surface area contributed by atoms with Crippen LogP contribution < -0.4 is 10.2 Å². The Morgan fingerprint density at radius 1 is 1.35 bits per heavy atom.